The third-order valence-electron chi connectivity index (χ3n) is 4.05. The first-order valence-corrected chi connectivity index (χ1v) is 11.4. The molecule has 3 heterocycles. The molecule has 3 aromatic rings. The van der Waals surface area contributed by atoms with Gasteiger partial charge in [0.15, 0.2) is 0 Å². The van der Waals surface area contributed by atoms with Gasteiger partial charge in [-0.2, -0.15) is 15.7 Å². The number of ether oxygens (including phenoxy) is 1. The van der Waals surface area contributed by atoms with E-state index in [4.69, 9.17) is 4.74 Å². The highest BCUT2D eigenvalue weighted by Gasteiger charge is 2.25. The van der Waals surface area contributed by atoms with Crippen LogP contribution in [-0.2, 0) is 21.3 Å². The van der Waals surface area contributed by atoms with Gasteiger partial charge in [-0.15, -0.1) is 0 Å². The van der Waals surface area contributed by atoms with Crippen LogP contribution >= 0.6 is 11.3 Å². The van der Waals surface area contributed by atoms with E-state index >= 15 is 0 Å². The molecule has 0 radical (unpaired) electrons. The zero-order chi connectivity index (χ0) is 22.1. The summed E-state index contributed by atoms with van der Waals surface area (Å²) >= 11 is 1.24. The fraction of sp³-hybridized carbons (Fsp3) is 0.300. The van der Waals surface area contributed by atoms with Gasteiger partial charge in [-0.1, -0.05) is 0 Å². The van der Waals surface area contributed by atoms with Crippen molar-refractivity contribution in [2.45, 2.75) is 37.8 Å². The number of hydrogen-bond acceptors (Lipinski definition) is 6. The van der Waals surface area contributed by atoms with E-state index < -0.39 is 27.7 Å². The summed E-state index contributed by atoms with van der Waals surface area (Å²) in [5.41, 5.74) is 0.00564. The van der Waals surface area contributed by atoms with Crippen molar-refractivity contribution in [2.24, 2.45) is 0 Å². The molecule has 30 heavy (non-hydrogen) atoms. The van der Waals surface area contributed by atoms with Crippen LogP contribution in [0, 0.1) is 5.95 Å². The highest BCUT2D eigenvalue weighted by Crippen LogP contribution is 2.29. The van der Waals surface area contributed by atoms with E-state index in [9.17, 15) is 17.6 Å². The minimum atomic E-state index is -3.96. The van der Waals surface area contributed by atoms with Crippen molar-refractivity contribution >= 4 is 27.5 Å². The second-order valence-corrected chi connectivity index (χ2v) is 10.3. The molecule has 0 aliphatic carbocycles. The van der Waals surface area contributed by atoms with E-state index in [-0.39, 0.29) is 22.7 Å². The lowest BCUT2D eigenvalue weighted by Crippen LogP contribution is -2.33. The quantitative estimate of drug-likeness (QED) is 0.539. The van der Waals surface area contributed by atoms with Crippen molar-refractivity contribution < 1.29 is 22.3 Å². The van der Waals surface area contributed by atoms with Crippen molar-refractivity contribution in [3.8, 4) is 11.3 Å². The molecule has 0 unspecified atom stereocenters. The summed E-state index contributed by atoms with van der Waals surface area (Å²) in [5, 5.41) is 3.16. The Balaban J connectivity index is 2.03. The van der Waals surface area contributed by atoms with E-state index in [1.807, 2.05) is 0 Å². The number of hydrogen-bond donors (Lipinski definition) is 0. The van der Waals surface area contributed by atoms with E-state index in [1.165, 1.54) is 58.3 Å². The van der Waals surface area contributed by atoms with Crippen molar-refractivity contribution in [1.29, 1.82) is 0 Å². The highest BCUT2D eigenvalue weighted by molar-refractivity contribution is 7.90. The number of carbonyl (C=O) groups is 1. The summed E-state index contributed by atoms with van der Waals surface area (Å²) < 4.78 is 47.0. The molecule has 3 rings (SSSR count). The van der Waals surface area contributed by atoms with Gasteiger partial charge in [-0.25, -0.2) is 22.2 Å². The molecular formula is C20H22FN3O4S2. The standard InChI is InChI=1S/C20H22FN3O4S2/c1-20(2,3)28-19(25)23(4)11-14-10-17(16-6-5-8-22-18(16)21)24(12-14)30(26,27)15-7-9-29-13-15/h5-10,12-13H,11H2,1-4H3. The second kappa shape index (κ2) is 8.19. The lowest BCUT2D eigenvalue weighted by atomic mass is 10.2. The van der Waals surface area contributed by atoms with Crippen LogP contribution < -0.4 is 0 Å². The number of thiophene rings is 1. The highest BCUT2D eigenvalue weighted by atomic mass is 32.2. The minimum absolute atomic E-state index is 0.0440. The van der Waals surface area contributed by atoms with Gasteiger partial charge in [0.1, 0.15) is 5.60 Å². The molecule has 0 saturated carbocycles. The van der Waals surface area contributed by atoms with Gasteiger partial charge in [-0.05, 0) is 56.0 Å². The molecule has 0 N–H and O–H groups in total. The summed E-state index contributed by atoms with van der Waals surface area (Å²) in [4.78, 5) is 17.3. The van der Waals surface area contributed by atoms with Gasteiger partial charge in [0.25, 0.3) is 10.0 Å². The molecule has 0 atom stereocenters. The summed E-state index contributed by atoms with van der Waals surface area (Å²) in [6.07, 6.45) is 2.12. The van der Waals surface area contributed by atoms with Crippen LogP contribution in [0.1, 0.15) is 26.3 Å². The monoisotopic (exact) mass is 451 g/mol. The molecule has 0 aliphatic rings. The maximum Gasteiger partial charge on any atom is 0.410 e. The number of aromatic nitrogens is 2. The number of nitrogens with zero attached hydrogens (tertiary/aromatic N) is 3. The first kappa shape index (κ1) is 22.0. The van der Waals surface area contributed by atoms with Crippen LogP contribution in [0.5, 0.6) is 0 Å². The Morgan fingerprint density at radius 1 is 1.33 bits per heavy atom. The predicted molar refractivity (Wildman–Crippen MR) is 112 cm³/mol. The molecule has 160 valence electrons. The molecule has 7 nitrogen and oxygen atoms in total. The van der Waals surface area contributed by atoms with E-state index in [2.05, 4.69) is 4.98 Å². The maximum atomic E-state index is 14.4. The maximum absolute atomic E-state index is 14.4. The minimum Gasteiger partial charge on any atom is -0.444 e. The van der Waals surface area contributed by atoms with E-state index in [1.54, 1.807) is 33.2 Å². The molecule has 0 bridgehead atoms. The van der Waals surface area contributed by atoms with Gasteiger partial charge in [0, 0.05) is 24.8 Å². The SMILES string of the molecule is CN(Cc1cc(-c2cccnc2F)n(S(=O)(=O)c2ccsc2)c1)C(=O)OC(C)(C)C. The molecule has 1 amide bonds. The molecule has 0 fully saturated rings. The fourth-order valence-electron chi connectivity index (χ4n) is 2.75. The van der Waals surface area contributed by atoms with E-state index in [0.717, 1.165) is 3.97 Å². The number of rotatable bonds is 5. The van der Waals surface area contributed by atoms with E-state index in [0.29, 0.717) is 5.56 Å². The molecule has 10 heteroatoms. The largest absolute Gasteiger partial charge is 0.444 e. The van der Waals surface area contributed by atoms with Gasteiger partial charge in [0.05, 0.1) is 22.7 Å². The molecular weight excluding hydrogens is 429 g/mol. The van der Waals surface area contributed by atoms with Crippen LogP contribution in [0.2, 0.25) is 0 Å². The van der Waals surface area contributed by atoms with Crippen LogP contribution in [0.15, 0.2) is 52.3 Å². The topological polar surface area (TPSA) is 81.5 Å². The van der Waals surface area contributed by atoms with Crippen molar-refractivity contribution in [3.63, 3.8) is 0 Å². The predicted octanol–water partition coefficient (Wildman–Crippen LogP) is 4.35. The Hall–Kier alpha value is -2.72. The molecule has 3 aromatic heterocycles. The smallest absolute Gasteiger partial charge is 0.410 e. The summed E-state index contributed by atoms with van der Waals surface area (Å²) in [5.74, 6) is -0.788. The summed E-state index contributed by atoms with van der Waals surface area (Å²) in [6, 6.07) is 6.00. The molecule has 0 saturated heterocycles. The first-order chi connectivity index (χ1) is 14.0. The summed E-state index contributed by atoms with van der Waals surface area (Å²) in [6.45, 7) is 5.35. The Kier molecular flexibility index (Phi) is 6.00. The van der Waals surface area contributed by atoms with Crippen LogP contribution in [-0.4, -0.2) is 41.0 Å². The van der Waals surface area contributed by atoms with Crippen molar-refractivity contribution in [2.75, 3.05) is 7.05 Å². The average Bonchev–Trinajstić information content (AvgIpc) is 3.31. The third kappa shape index (κ3) is 4.71. The Labute approximate surface area is 178 Å². The first-order valence-electron chi connectivity index (χ1n) is 9.03. The van der Waals surface area contributed by atoms with Gasteiger partial charge >= 0.3 is 6.09 Å². The lowest BCUT2D eigenvalue weighted by Gasteiger charge is -2.24. The fourth-order valence-corrected chi connectivity index (χ4v) is 5.15. The van der Waals surface area contributed by atoms with Crippen molar-refractivity contribution in [3.05, 3.63) is 58.9 Å². The Morgan fingerprint density at radius 3 is 2.67 bits per heavy atom. The normalized spacial score (nSPS) is 12.0. The Bertz CT molecular complexity index is 1150. The average molecular weight is 452 g/mol. The number of carbonyl (C=O) groups excluding carboxylic acids is 1. The van der Waals surface area contributed by atoms with Gasteiger partial charge < -0.3 is 9.64 Å². The zero-order valence-electron chi connectivity index (χ0n) is 17.0. The van der Waals surface area contributed by atoms with Crippen LogP contribution in [0.25, 0.3) is 11.3 Å². The number of amides is 1. The number of pyridine rings is 1. The Morgan fingerprint density at radius 2 is 2.07 bits per heavy atom. The molecule has 0 spiro atoms. The molecule has 0 aliphatic heterocycles. The van der Waals surface area contributed by atoms with Crippen LogP contribution in [0.3, 0.4) is 0 Å². The summed E-state index contributed by atoms with van der Waals surface area (Å²) in [7, 11) is -2.41. The second-order valence-electron chi connectivity index (χ2n) is 7.67. The van der Waals surface area contributed by atoms with Crippen molar-refractivity contribution in [1.82, 2.24) is 13.9 Å². The third-order valence-corrected chi connectivity index (χ3v) is 6.56. The zero-order valence-corrected chi connectivity index (χ0v) is 18.6. The number of halogens is 1. The molecule has 0 aromatic carbocycles. The lowest BCUT2D eigenvalue weighted by molar-refractivity contribution is 0.0285. The van der Waals surface area contributed by atoms with Crippen LogP contribution in [0.4, 0.5) is 9.18 Å². The van der Waals surface area contributed by atoms with Gasteiger partial charge in [-0.3, -0.25) is 0 Å². The van der Waals surface area contributed by atoms with Gasteiger partial charge in [0.2, 0.25) is 5.95 Å².